The number of carbonyl (C=O) groups excluding carboxylic acids is 1. The van der Waals surface area contributed by atoms with Gasteiger partial charge in [-0.15, -0.1) is 0 Å². The molecule has 0 radical (unpaired) electrons. The normalized spacial score (nSPS) is 17.2. The number of amides is 1. The Balaban J connectivity index is 1.51. The van der Waals surface area contributed by atoms with Gasteiger partial charge in [-0.05, 0) is 25.0 Å². The first-order chi connectivity index (χ1) is 13.5. The molecule has 0 bridgehead atoms. The number of rotatable bonds is 5. The van der Waals surface area contributed by atoms with Crippen molar-refractivity contribution < 1.29 is 4.79 Å². The molecule has 1 atom stereocenters. The summed E-state index contributed by atoms with van der Waals surface area (Å²) in [5.41, 5.74) is 1.06. The SMILES string of the molecule is CN=C(NCc1ccc(-n2ccnc2C)nc1)NC1CCN(C(=O)C(C)C)C1. The first kappa shape index (κ1) is 19.9. The minimum absolute atomic E-state index is 0.0396. The predicted molar refractivity (Wildman–Crippen MR) is 109 cm³/mol. The van der Waals surface area contributed by atoms with Crippen LogP contribution in [-0.2, 0) is 11.3 Å². The van der Waals surface area contributed by atoms with Gasteiger partial charge in [0.15, 0.2) is 5.96 Å². The lowest BCUT2D eigenvalue weighted by Crippen LogP contribution is -2.45. The van der Waals surface area contributed by atoms with Crippen LogP contribution in [0.5, 0.6) is 0 Å². The van der Waals surface area contributed by atoms with E-state index in [2.05, 4.69) is 25.6 Å². The first-order valence-electron chi connectivity index (χ1n) is 9.69. The van der Waals surface area contributed by atoms with Gasteiger partial charge >= 0.3 is 0 Å². The maximum Gasteiger partial charge on any atom is 0.225 e. The third-order valence-electron chi connectivity index (χ3n) is 4.90. The second kappa shape index (κ2) is 8.86. The number of aryl methyl sites for hydroxylation is 1. The van der Waals surface area contributed by atoms with Crippen LogP contribution < -0.4 is 10.6 Å². The number of nitrogens with one attached hydrogen (secondary N) is 2. The van der Waals surface area contributed by atoms with Gasteiger partial charge < -0.3 is 15.5 Å². The van der Waals surface area contributed by atoms with E-state index < -0.39 is 0 Å². The largest absolute Gasteiger partial charge is 0.352 e. The molecule has 1 unspecified atom stereocenters. The Kier molecular flexibility index (Phi) is 6.28. The van der Waals surface area contributed by atoms with E-state index in [0.717, 1.165) is 42.7 Å². The molecule has 8 nitrogen and oxygen atoms in total. The van der Waals surface area contributed by atoms with Gasteiger partial charge in [-0.1, -0.05) is 19.9 Å². The molecular weight excluding hydrogens is 354 g/mol. The van der Waals surface area contributed by atoms with Crippen LogP contribution in [0.25, 0.3) is 5.82 Å². The summed E-state index contributed by atoms with van der Waals surface area (Å²) in [5.74, 6) is 2.74. The summed E-state index contributed by atoms with van der Waals surface area (Å²) in [5, 5.41) is 6.73. The standard InChI is InChI=1S/C20H29N7O/c1-14(2)19(28)26-9-7-17(13-26)25-20(21-4)24-12-16-5-6-18(23-11-16)27-10-8-22-15(27)3/h5-6,8,10-11,14,17H,7,9,12-13H2,1-4H3,(H2,21,24,25). The molecule has 150 valence electrons. The van der Waals surface area contributed by atoms with E-state index in [0.29, 0.717) is 6.54 Å². The van der Waals surface area contributed by atoms with Gasteiger partial charge in [-0.25, -0.2) is 9.97 Å². The van der Waals surface area contributed by atoms with Gasteiger partial charge in [0.25, 0.3) is 0 Å². The fraction of sp³-hybridized carbons (Fsp3) is 0.500. The number of likely N-dealkylation sites (tertiary alicyclic amines) is 1. The highest BCUT2D eigenvalue weighted by molar-refractivity contribution is 5.81. The van der Waals surface area contributed by atoms with Crippen LogP contribution in [0, 0.1) is 12.8 Å². The van der Waals surface area contributed by atoms with Crippen LogP contribution in [0.4, 0.5) is 0 Å². The number of carbonyl (C=O) groups is 1. The number of aromatic nitrogens is 3. The average molecular weight is 384 g/mol. The van der Waals surface area contributed by atoms with Gasteiger partial charge in [0.2, 0.25) is 5.91 Å². The highest BCUT2D eigenvalue weighted by atomic mass is 16.2. The van der Waals surface area contributed by atoms with E-state index in [9.17, 15) is 4.79 Å². The third-order valence-corrected chi connectivity index (χ3v) is 4.90. The molecule has 1 amide bonds. The van der Waals surface area contributed by atoms with E-state index in [4.69, 9.17) is 0 Å². The van der Waals surface area contributed by atoms with E-state index in [1.54, 1.807) is 13.2 Å². The third kappa shape index (κ3) is 4.68. The molecule has 1 aliphatic heterocycles. The van der Waals surface area contributed by atoms with Crippen LogP contribution in [-0.4, -0.2) is 57.5 Å². The molecule has 2 aromatic rings. The highest BCUT2D eigenvalue weighted by Crippen LogP contribution is 2.13. The summed E-state index contributed by atoms with van der Waals surface area (Å²) < 4.78 is 1.95. The summed E-state index contributed by atoms with van der Waals surface area (Å²) >= 11 is 0. The molecule has 28 heavy (non-hydrogen) atoms. The number of pyridine rings is 1. The van der Waals surface area contributed by atoms with Crippen molar-refractivity contribution in [3.8, 4) is 5.82 Å². The molecule has 2 aromatic heterocycles. The van der Waals surface area contributed by atoms with Gasteiger partial charge in [-0.3, -0.25) is 14.4 Å². The molecule has 2 N–H and O–H groups in total. The number of hydrogen-bond acceptors (Lipinski definition) is 4. The average Bonchev–Trinajstić information content (AvgIpc) is 3.33. The van der Waals surface area contributed by atoms with E-state index in [1.165, 1.54) is 0 Å². The molecule has 1 aliphatic rings. The lowest BCUT2D eigenvalue weighted by Gasteiger charge is -2.20. The second-order valence-corrected chi connectivity index (χ2v) is 7.36. The lowest BCUT2D eigenvalue weighted by molar-refractivity contribution is -0.133. The Hall–Kier alpha value is -2.90. The van der Waals surface area contributed by atoms with Crippen molar-refractivity contribution in [3.63, 3.8) is 0 Å². The van der Waals surface area contributed by atoms with Gasteiger partial charge in [0.1, 0.15) is 11.6 Å². The first-order valence-corrected chi connectivity index (χ1v) is 9.69. The maximum absolute atomic E-state index is 12.1. The smallest absolute Gasteiger partial charge is 0.225 e. The Morgan fingerprint density at radius 2 is 2.18 bits per heavy atom. The van der Waals surface area contributed by atoms with Crippen molar-refractivity contribution in [1.29, 1.82) is 0 Å². The quantitative estimate of drug-likeness (QED) is 0.603. The van der Waals surface area contributed by atoms with Crippen LogP contribution >= 0.6 is 0 Å². The van der Waals surface area contributed by atoms with Gasteiger partial charge in [0.05, 0.1) is 0 Å². The second-order valence-electron chi connectivity index (χ2n) is 7.36. The molecule has 0 aliphatic carbocycles. The van der Waals surface area contributed by atoms with Gasteiger partial charge in [-0.2, -0.15) is 0 Å². The van der Waals surface area contributed by atoms with Crippen LogP contribution in [0.15, 0.2) is 35.7 Å². The van der Waals surface area contributed by atoms with Crippen molar-refractivity contribution in [2.45, 2.75) is 39.8 Å². The number of hydrogen-bond donors (Lipinski definition) is 2. The molecule has 3 heterocycles. The summed E-state index contributed by atoms with van der Waals surface area (Å²) in [6, 6.07) is 4.24. The van der Waals surface area contributed by atoms with Crippen LogP contribution in [0.3, 0.4) is 0 Å². The summed E-state index contributed by atoms with van der Waals surface area (Å²) in [6.45, 7) is 7.97. The molecule has 0 saturated carbocycles. The number of nitrogens with zero attached hydrogens (tertiary/aromatic N) is 5. The molecule has 8 heteroatoms. The van der Waals surface area contributed by atoms with Crippen molar-refractivity contribution in [2.75, 3.05) is 20.1 Å². The molecular formula is C20H29N7O. The Labute approximate surface area is 166 Å². The van der Waals surface area contributed by atoms with Crippen molar-refractivity contribution in [1.82, 2.24) is 30.1 Å². The van der Waals surface area contributed by atoms with E-state index in [-0.39, 0.29) is 17.9 Å². The summed E-state index contributed by atoms with van der Waals surface area (Å²) in [7, 11) is 1.75. The van der Waals surface area contributed by atoms with Crippen LogP contribution in [0.2, 0.25) is 0 Å². The zero-order valence-corrected chi connectivity index (χ0v) is 17.0. The number of imidazole rings is 1. The fourth-order valence-electron chi connectivity index (χ4n) is 3.30. The van der Waals surface area contributed by atoms with Crippen LogP contribution in [0.1, 0.15) is 31.7 Å². The van der Waals surface area contributed by atoms with Crippen molar-refractivity contribution in [2.24, 2.45) is 10.9 Å². The topological polar surface area (TPSA) is 87.4 Å². The van der Waals surface area contributed by atoms with Crippen molar-refractivity contribution >= 4 is 11.9 Å². The Morgan fingerprint density at radius 1 is 1.36 bits per heavy atom. The molecule has 1 fully saturated rings. The Bertz CT molecular complexity index is 825. The summed E-state index contributed by atoms with van der Waals surface area (Å²) in [4.78, 5) is 27.1. The Morgan fingerprint density at radius 3 is 2.79 bits per heavy atom. The number of aliphatic imine (C=N–C) groups is 1. The molecule has 1 saturated heterocycles. The van der Waals surface area contributed by atoms with Gasteiger partial charge in [0, 0.05) is 57.2 Å². The van der Waals surface area contributed by atoms with E-state index in [1.807, 2.05) is 54.8 Å². The minimum atomic E-state index is 0.0396. The predicted octanol–water partition coefficient (Wildman–Crippen LogP) is 1.50. The highest BCUT2D eigenvalue weighted by Gasteiger charge is 2.27. The lowest BCUT2D eigenvalue weighted by atomic mass is 10.2. The number of guanidine groups is 1. The zero-order valence-electron chi connectivity index (χ0n) is 17.0. The fourth-order valence-corrected chi connectivity index (χ4v) is 3.30. The minimum Gasteiger partial charge on any atom is -0.352 e. The molecule has 0 spiro atoms. The molecule has 3 rings (SSSR count). The van der Waals surface area contributed by atoms with E-state index >= 15 is 0 Å². The monoisotopic (exact) mass is 383 g/mol. The molecule has 0 aromatic carbocycles. The zero-order chi connectivity index (χ0) is 20.1. The maximum atomic E-state index is 12.1. The summed E-state index contributed by atoms with van der Waals surface area (Å²) in [6.07, 6.45) is 6.45. The van der Waals surface area contributed by atoms with Crippen molar-refractivity contribution in [3.05, 3.63) is 42.1 Å².